The lowest BCUT2D eigenvalue weighted by molar-refractivity contribution is -0.137. The highest BCUT2D eigenvalue weighted by Crippen LogP contribution is 2.45. The zero-order valence-corrected chi connectivity index (χ0v) is 17.5. The number of benzene rings is 2. The third kappa shape index (κ3) is 3.93. The largest absolute Gasteiger partial charge is 0.417 e. The molecule has 30 heavy (non-hydrogen) atoms. The van der Waals surface area contributed by atoms with Crippen molar-refractivity contribution in [1.29, 1.82) is 0 Å². The summed E-state index contributed by atoms with van der Waals surface area (Å²) in [7, 11) is 0. The van der Waals surface area contributed by atoms with Crippen LogP contribution in [0.15, 0.2) is 42.5 Å². The Morgan fingerprint density at radius 1 is 1.17 bits per heavy atom. The van der Waals surface area contributed by atoms with Crippen LogP contribution in [0.3, 0.4) is 0 Å². The van der Waals surface area contributed by atoms with E-state index in [0.29, 0.717) is 5.92 Å². The summed E-state index contributed by atoms with van der Waals surface area (Å²) in [5.74, 6) is -0.183. The summed E-state index contributed by atoms with van der Waals surface area (Å²) < 4.78 is 39.9. The van der Waals surface area contributed by atoms with Gasteiger partial charge in [-0.2, -0.15) is 13.2 Å². The maximum absolute atomic E-state index is 13.3. The van der Waals surface area contributed by atoms with Crippen molar-refractivity contribution in [3.8, 4) is 0 Å². The molecule has 1 amide bonds. The fourth-order valence-corrected chi connectivity index (χ4v) is 5.49. The van der Waals surface area contributed by atoms with Crippen LogP contribution in [0, 0.1) is 5.92 Å². The molecule has 1 heterocycles. The Morgan fingerprint density at radius 3 is 2.60 bits per heavy atom. The molecule has 2 aliphatic rings. The summed E-state index contributed by atoms with van der Waals surface area (Å²) in [6.07, 6.45) is -0.750. The molecule has 0 radical (unpaired) electrons. The minimum atomic E-state index is -4.68. The van der Waals surface area contributed by atoms with Gasteiger partial charge in [0, 0.05) is 5.54 Å². The van der Waals surface area contributed by atoms with Crippen molar-refractivity contribution < 1.29 is 18.0 Å². The summed E-state index contributed by atoms with van der Waals surface area (Å²) in [5.41, 5.74) is -0.888. The molecule has 2 bridgehead atoms. The van der Waals surface area contributed by atoms with Gasteiger partial charge < -0.3 is 10.6 Å². The molecule has 2 aromatic carbocycles. The van der Waals surface area contributed by atoms with E-state index in [0.717, 1.165) is 49.9 Å². The van der Waals surface area contributed by atoms with Crippen molar-refractivity contribution in [3.05, 3.63) is 69.2 Å². The second-order valence-electron chi connectivity index (χ2n) is 8.10. The summed E-state index contributed by atoms with van der Waals surface area (Å²) in [5, 5.41) is 5.75. The number of alkyl halides is 3. The van der Waals surface area contributed by atoms with Crippen molar-refractivity contribution in [2.24, 2.45) is 5.92 Å². The molecule has 3 nitrogen and oxygen atoms in total. The van der Waals surface area contributed by atoms with Gasteiger partial charge in [0.2, 0.25) is 0 Å². The second kappa shape index (κ2) is 8.06. The highest BCUT2D eigenvalue weighted by Gasteiger charge is 2.48. The topological polar surface area (TPSA) is 41.1 Å². The summed E-state index contributed by atoms with van der Waals surface area (Å²) >= 11 is 12.1. The Kier molecular flexibility index (Phi) is 5.77. The molecule has 2 aromatic rings. The number of carbonyl (C=O) groups is 1. The summed E-state index contributed by atoms with van der Waals surface area (Å²) in [6.45, 7) is 0.865. The molecule has 160 valence electrons. The van der Waals surface area contributed by atoms with E-state index in [1.807, 2.05) is 30.3 Å². The number of amides is 1. The average molecular weight is 457 g/mol. The van der Waals surface area contributed by atoms with Gasteiger partial charge in [-0.15, -0.1) is 0 Å². The van der Waals surface area contributed by atoms with E-state index >= 15 is 0 Å². The molecule has 4 rings (SSSR count). The van der Waals surface area contributed by atoms with Gasteiger partial charge in [0.25, 0.3) is 5.91 Å². The third-order valence-corrected chi connectivity index (χ3v) is 6.92. The van der Waals surface area contributed by atoms with Gasteiger partial charge in [-0.05, 0) is 49.4 Å². The van der Waals surface area contributed by atoms with Gasteiger partial charge in [0.1, 0.15) is 0 Å². The molecule has 8 heteroatoms. The zero-order valence-electron chi connectivity index (χ0n) is 16.0. The molecular formula is C22H21Cl2F3N2O. The summed E-state index contributed by atoms with van der Waals surface area (Å²) in [6, 6.07) is 10.9. The SMILES string of the molecule is O=C(NC(c1ccccc1)C12CCCC(CN1)C2)c1c(Cl)ccc(C(F)(F)F)c1Cl. The molecule has 2 fully saturated rings. The van der Waals surface area contributed by atoms with Crippen LogP contribution in [0.25, 0.3) is 0 Å². The second-order valence-corrected chi connectivity index (χ2v) is 8.88. The maximum atomic E-state index is 13.3. The number of hydrogen-bond acceptors (Lipinski definition) is 2. The first-order valence-corrected chi connectivity index (χ1v) is 10.6. The average Bonchev–Trinajstić information content (AvgIpc) is 3.00. The quantitative estimate of drug-likeness (QED) is 0.590. The van der Waals surface area contributed by atoms with Crippen molar-refractivity contribution in [1.82, 2.24) is 10.6 Å². The van der Waals surface area contributed by atoms with Crippen molar-refractivity contribution >= 4 is 29.1 Å². The first-order valence-electron chi connectivity index (χ1n) is 9.87. The van der Waals surface area contributed by atoms with Gasteiger partial charge in [-0.3, -0.25) is 4.79 Å². The lowest BCUT2D eigenvalue weighted by atomic mass is 9.73. The van der Waals surface area contributed by atoms with Crippen LogP contribution < -0.4 is 10.6 Å². The number of hydrogen-bond donors (Lipinski definition) is 2. The van der Waals surface area contributed by atoms with Crippen LogP contribution in [0.1, 0.15) is 53.2 Å². The predicted molar refractivity (Wildman–Crippen MR) is 111 cm³/mol. The Bertz CT molecular complexity index is 947. The third-order valence-electron chi connectivity index (χ3n) is 6.22. The van der Waals surface area contributed by atoms with Crippen molar-refractivity contribution in [3.63, 3.8) is 0 Å². The van der Waals surface area contributed by atoms with Gasteiger partial charge in [0.15, 0.2) is 0 Å². The molecule has 1 saturated carbocycles. The number of halogens is 5. The van der Waals surface area contributed by atoms with Gasteiger partial charge in [-0.25, -0.2) is 0 Å². The molecule has 0 spiro atoms. The van der Waals surface area contributed by atoms with E-state index in [9.17, 15) is 18.0 Å². The van der Waals surface area contributed by atoms with E-state index in [-0.39, 0.29) is 16.1 Å². The first-order chi connectivity index (χ1) is 14.2. The number of nitrogens with one attached hydrogen (secondary N) is 2. The highest BCUT2D eigenvalue weighted by atomic mass is 35.5. The highest BCUT2D eigenvalue weighted by molar-refractivity contribution is 6.40. The van der Waals surface area contributed by atoms with Crippen molar-refractivity contribution in [2.45, 2.75) is 43.4 Å². The molecular weight excluding hydrogens is 436 g/mol. The van der Waals surface area contributed by atoms with E-state index < -0.39 is 28.7 Å². The Morgan fingerprint density at radius 2 is 1.90 bits per heavy atom. The lowest BCUT2D eigenvalue weighted by Crippen LogP contribution is -2.52. The number of fused-ring (bicyclic) bond motifs is 2. The minimum Gasteiger partial charge on any atom is -0.343 e. The Balaban J connectivity index is 1.72. The fraction of sp³-hybridized carbons (Fsp3) is 0.409. The molecule has 3 atom stereocenters. The molecule has 1 saturated heterocycles. The van der Waals surface area contributed by atoms with Crippen LogP contribution in [0.5, 0.6) is 0 Å². The van der Waals surface area contributed by atoms with E-state index in [1.165, 1.54) is 0 Å². The van der Waals surface area contributed by atoms with Crippen LogP contribution >= 0.6 is 23.2 Å². The molecule has 1 aliphatic heterocycles. The van der Waals surface area contributed by atoms with E-state index in [2.05, 4.69) is 10.6 Å². The Hall–Kier alpha value is -1.76. The molecule has 1 aliphatic carbocycles. The predicted octanol–water partition coefficient (Wildman–Crippen LogP) is 6.02. The number of carbonyl (C=O) groups excluding carboxylic acids is 1. The van der Waals surface area contributed by atoms with Crippen LogP contribution in [-0.2, 0) is 6.18 Å². The fourth-order valence-electron chi connectivity index (χ4n) is 4.84. The van der Waals surface area contributed by atoms with Crippen LogP contribution in [-0.4, -0.2) is 18.0 Å². The normalized spacial score (nSPS) is 24.5. The van der Waals surface area contributed by atoms with Crippen LogP contribution in [0.2, 0.25) is 10.0 Å². The van der Waals surface area contributed by atoms with Crippen molar-refractivity contribution in [2.75, 3.05) is 6.54 Å². The maximum Gasteiger partial charge on any atom is 0.417 e. The first kappa shape index (κ1) is 21.5. The molecule has 2 N–H and O–H groups in total. The zero-order chi connectivity index (χ0) is 21.5. The molecule has 3 unspecified atom stereocenters. The molecule has 0 aromatic heterocycles. The van der Waals surface area contributed by atoms with Gasteiger partial charge in [0.05, 0.1) is 27.2 Å². The van der Waals surface area contributed by atoms with Gasteiger partial charge >= 0.3 is 6.18 Å². The Labute approximate surface area is 182 Å². The monoisotopic (exact) mass is 456 g/mol. The van der Waals surface area contributed by atoms with Crippen LogP contribution in [0.4, 0.5) is 13.2 Å². The smallest absolute Gasteiger partial charge is 0.343 e. The summed E-state index contributed by atoms with van der Waals surface area (Å²) in [4.78, 5) is 13.2. The standard InChI is InChI=1S/C22H21Cl2F3N2O/c23-16-9-8-15(22(25,26)27)18(24)17(16)20(30)29-19(14-6-2-1-3-7-14)21-10-4-5-13(11-21)12-28-21/h1-3,6-9,13,19,28H,4-5,10-12H2,(H,29,30). The van der Waals surface area contributed by atoms with E-state index in [1.54, 1.807) is 0 Å². The van der Waals surface area contributed by atoms with Gasteiger partial charge in [-0.1, -0.05) is 60.0 Å². The lowest BCUT2D eigenvalue weighted by Gasteiger charge is -2.41. The minimum absolute atomic E-state index is 0.115. The number of rotatable bonds is 4. The van der Waals surface area contributed by atoms with E-state index in [4.69, 9.17) is 23.2 Å².